The highest BCUT2D eigenvalue weighted by Gasteiger charge is 2.35. The van der Waals surface area contributed by atoms with Gasteiger partial charge in [-0.3, -0.25) is 19.2 Å². The average molecular weight is 657 g/mol. The summed E-state index contributed by atoms with van der Waals surface area (Å²) >= 11 is 8.48. The van der Waals surface area contributed by atoms with Gasteiger partial charge < -0.3 is 14.5 Å². The highest BCUT2D eigenvalue weighted by Crippen LogP contribution is 2.48. The van der Waals surface area contributed by atoms with E-state index in [1.807, 2.05) is 11.8 Å². The Morgan fingerprint density at radius 2 is 1.93 bits per heavy atom. The van der Waals surface area contributed by atoms with Crippen molar-refractivity contribution in [3.05, 3.63) is 64.1 Å². The summed E-state index contributed by atoms with van der Waals surface area (Å²) in [6, 6.07) is 5.43. The molecule has 4 aliphatic rings. The van der Waals surface area contributed by atoms with E-state index >= 15 is 4.39 Å². The first-order chi connectivity index (χ1) is 21.7. The van der Waals surface area contributed by atoms with E-state index in [0.717, 1.165) is 45.5 Å². The fourth-order valence-corrected chi connectivity index (χ4v) is 8.69. The summed E-state index contributed by atoms with van der Waals surface area (Å²) in [6.07, 6.45) is 1.31. The summed E-state index contributed by atoms with van der Waals surface area (Å²) in [7, 11) is 0. The minimum absolute atomic E-state index is 0.131. The number of ether oxygens (including phenoxy) is 1. The molecular weight excluding hydrogens is 622 g/mol. The summed E-state index contributed by atoms with van der Waals surface area (Å²) in [5, 5.41) is 0.995. The van der Waals surface area contributed by atoms with Crippen molar-refractivity contribution >= 4 is 46.0 Å². The van der Waals surface area contributed by atoms with E-state index in [-0.39, 0.29) is 29.2 Å². The van der Waals surface area contributed by atoms with Crippen LogP contribution >= 0.6 is 23.4 Å². The third kappa shape index (κ3) is 5.54. The topological polar surface area (TPSA) is 74.2 Å². The van der Waals surface area contributed by atoms with E-state index in [1.54, 1.807) is 27.3 Å². The van der Waals surface area contributed by atoms with Crippen LogP contribution in [0, 0.1) is 11.6 Å². The van der Waals surface area contributed by atoms with Gasteiger partial charge in [0.15, 0.2) is 0 Å². The van der Waals surface area contributed by atoms with Gasteiger partial charge in [0.2, 0.25) is 5.91 Å². The molecule has 3 fully saturated rings. The Balaban J connectivity index is 1.31. The van der Waals surface area contributed by atoms with Crippen LogP contribution in [0.5, 0.6) is 0 Å². The molecule has 0 N–H and O–H groups in total. The number of amides is 1. The van der Waals surface area contributed by atoms with Crippen molar-refractivity contribution in [3.8, 4) is 11.1 Å². The summed E-state index contributed by atoms with van der Waals surface area (Å²) in [5.74, 6) is -0.456. The molecule has 0 radical (unpaired) electrons. The van der Waals surface area contributed by atoms with Gasteiger partial charge in [0, 0.05) is 91.6 Å². The fraction of sp³-hybridized carbons (Fsp3) is 0.469. The molecule has 45 heavy (non-hydrogen) atoms. The quantitative estimate of drug-likeness (QED) is 0.371. The largest absolute Gasteiger partial charge is 0.378 e. The SMILES string of the molecule is C=CC(=O)N1CCN(c2nc(=O)n3c4c(c(-c5ccc(F)cc5F)c(Cl)cc24)SC[C@@H]3CN2CCN(C3COC3)CC2)[C@@H](C)C1. The molecule has 0 aliphatic carbocycles. The van der Waals surface area contributed by atoms with Gasteiger partial charge in [0.25, 0.3) is 0 Å². The average Bonchev–Trinajstić information content (AvgIpc) is 2.99. The van der Waals surface area contributed by atoms with Crippen LogP contribution in [0.25, 0.3) is 22.0 Å². The highest BCUT2D eigenvalue weighted by molar-refractivity contribution is 7.99. The lowest BCUT2D eigenvalue weighted by Crippen LogP contribution is -2.57. The van der Waals surface area contributed by atoms with Crippen molar-refractivity contribution in [2.45, 2.75) is 29.9 Å². The van der Waals surface area contributed by atoms with E-state index in [0.29, 0.717) is 70.2 Å². The van der Waals surface area contributed by atoms with Crippen molar-refractivity contribution in [2.24, 2.45) is 0 Å². The molecule has 0 unspecified atom stereocenters. The zero-order valence-electron chi connectivity index (χ0n) is 25.1. The second kappa shape index (κ2) is 12.3. The van der Waals surface area contributed by atoms with Gasteiger partial charge in [-0.2, -0.15) is 4.98 Å². The first-order valence-corrected chi connectivity index (χ1v) is 16.7. The molecule has 9 nitrogen and oxygen atoms in total. The van der Waals surface area contributed by atoms with Crippen LogP contribution in [-0.4, -0.2) is 114 Å². The van der Waals surface area contributed by atoms with E-state index in [1.165, 1.54) is 18.2 Å². The monoisotopic (exact) mass is 656 g/mol. The molecule has 3 saturated heterocycles. The smallest absolute Gasteiger partial charge is 0.350 e. The predicted octanol–water partition coefficient (Wildman–Crippen LogP) is 3.88. The molecular formula is C32H35ClF2N6O3S. The Labute approximate surface area is 269 Å². The van der Waals surface area contributed by atoms with Gasteiger partial charge in [-0.15, -0.1) is 11.8 Å². The Kier molecular flexibility index (Phi) is 8.36. The molecule has 2 atom stereocenters. The zero-order chi connectivity index (χ0) is 31.4. The molecule has 7 rings (SSSR count). The van der Waals surface area contributed by atoms with Gasteiger partial charge in [0.1, 0.15) is 17.5 Å². The van der Waals surface area contributed by atoms with Gasteiger partial charge in [0.05, 0.1) is 35.8 Å². The molecule has 13 heteroatoms. The lowest BCUT2D eigenvalue weighted by molar-refractivity contribution is -0.126. The number of anilines is 1. The Hall–Kier alpha value is -3.03. The summed E-state index contributed by atoms with van der Waals surface area (Å²) < 4.78 is 36.3. The summed E-state index contributed by atoms with van der Waals surface area (Å²) in [4.78, 5) is 40.4. The standard InChI is InChI=1S/C32H35ClF2N6O3S/c1-3-27(42)39-10-11-40(19(2)14-39)31-24-13-25(33)28(23-5-4-20(34)12-26(23)35)30-29(24)41(32(43)36-31)21(18-45-30)15-37-6-8-38(9-7-37)22-16-44-17-22/h3-5,12-13,19,21-22H,1,6-11,14-18H2,2H3/t19-,21-/m0/s1. The van der Waals surface area contributed by atoms with Gasteiger partial charge in [-0.25, -0.2) is 13.6 Å². The summed E-state index contributed by atoms with van der Waals surface area (Å²) in [5.41, 5.74) is 0.916. The maximum absolute atomic E-state index is 15.2. The van der Waals surface area contributed by atoms with Crippen molar-refractivity contribution < 1.29 is 18.3 Å². The van der Waals surface area contributed by atoms with Crippen LogP contribution in [0.2, 0.25) is 5.02 Å². The minimum Gasteiger partial charge on any atom is -0.378 e. The number of aromatic nitrogens is 2. The molecule has 238 valence electrons. The number of halogens is 3. The molecule has 3 aromatic rings. The van der Waals surface area contributed by atoms with E-state index in [9.17, 15) is 14.0 Å². The molecule has 0 spiro atoms. The second-order valence-electron chi connectivity index (χ2n) is 12.2. The van der Waals surface area contributed by atoms with Crippen LogP contribution in [0.1, 0.15) is 13.0 Å². The number of piperazine rings is 2. The number of carbonyl (C=O) groups is 1. The van der Waals surface area contributed by atoms with Crippen molar-refractivity contribution in [1.29, 1.82) is 0 Å². The lowest BCUT2D eigenvalue weighted by Gasteiger charge is -2.43. The molecule has 2 aromatic carbocycles. The minimum atomic E-state index is -0.718. The first kappa shape index (κ1) is 30.6. The molecule has 1 amide bonds. The number of benzene rings is 2. The number of hydrogen-bond acceptors (Lipinski definition) is 8. The van der Waals surface area contributed by atoms with Crippen LogP contribution in [0.4, 0.5) is 14.6 Å². The van der Waals surface area contributed by atoms with Gasteiger partial charge in [-0.05, 0) is 31.2 Å². The van der Waals surface area contributed by atoms with Gasteiger partial charge >= 0.3 is 5.69 Å². The van der Waals surface area contributed by atoms with Crippen molar-refractivity contribution in [2.75, 3.05) is 76.2 Å². The van der Waals surface area contributed by atoms with Gasteiger partial charge in [-0.1, -0.05) is 18.2 Å². The van der Waals surface area contributed by atoms with E-state index in [2.05, 4.69) is 21.4 Å². The number of nitrogens with zero attached hydrogens (tertiary/aromatic N) is 6. The number of thioether (sulfide) groups is 1. The number of carbonyl (C=O) groups excluding carboxylic acids is 1. The maximum atomic E-state index is 15.2. The number of hydrogen-bond donors (Lipinski definition) is 0. The Morgan fingerprint density at radius 1 is 1.16 bits per heavy atom. The lowest BCUT2D eigenvalue weighted by atomic mass is 10.0. The maximum Gasteiger partial charge on any atom is 0.350 e. The third-order valence-corrected chi connectivity index (χ3v) is 11.0. The van der Waals surface area contributed by atoms with E-state index in [4.69, 9.17) is 16.3 Å². The Bertz CT molecular complexity index is 1730. The first-order valence-electron chi connectivity index (χ1n) is 15.3. The number of rotatable bonds is 6. The van der Waals surface area contributed by atoms with Crippen molar-refractivity contribution in [1.82, 2.24) is 24.3 Å². The normalized spacial score (nSPS) is 22.9. The summed E-state index contributed by atoms with van der Waals surface area (Å²) in [6.45, 7) is 12.9. The van der Waals surface area contributed by atoms with Crippen LogP contribution in [0.15, 0.2) is 46.6 Å². The third-order valence-electron chi connectivity index (χ3n) is 9.48. The second-order valence-corrected chi connectivity index (χ2v) is 13.6. The van der Waals surface area contributed by atoms with Crippen LogP contribution in [-0.2, 0) is 9.53 Å². The molecule has 0 saturated carbocycles. The van der Waals surface area contributed by atoms with Crippen molar-refractivity contribution in [3.63, 3.8) is 0 Å². The Morgan fingerprint density at radius 3 is 2.60 bits per heavy atom. The molecule has 4 aliphatic heterocycles. The molecule has 5 heterocycles. The molecule has 1 aromatic heterocycles. The van der Waals surface area contributed by atoms with Crippen LogP contribution in [0.3, 0.4) is 0 Å². The van der Waals surface area contributed by atoms with Crippen LogP contribution < -0.4 is 10.6 Å². The zero-order valence-corrected chi connectivity index (χ0v) is 26.6. The molecule has 0 bridgehead atoms. The van der Waals surface area contributed by atoms with E-state index < -0.39 is 11.6 Å². The highest BCUT2D eigenvalue weighted by atomic mass is 35.5. The predicted molar refractivity (Wildman–Crippen MR) is 172 cm³/mol. The fourth-order valence-electron chi connectivity index (χ4n) is 7.00.